The minimum atomic E-state index is -0.622. The van der Waals surface area contributed by atoms with Gasteiger partial charge in [0.15, 0.2) is 5.58 Å². The predicted octanol–water partition coefficient (Wildman–Crippen LogP) is 3.89. The summed E-state index contributed by atoms with van der Waals surface area (Å²) in [5.74, 6) is 0.731. The normalized spacial score (nSPS) is 10.7. The SMILES string of the molecule is COC(=O)N(c1ccc2oc(-c3cccnc3)nc2c1)c1ccc(O)cn1. The fourth-order valence-corrected chi connectivity index (χ4v) is 2.60. The van der Waals surface area contributed by atoms with E-state index in [1.807, 2.05) is 6.07 Å². The van der Waals surface area contributed by atoms with Crippen molar-refractivity contribution < 1.29 is 19.1 Å². The van der Waals surface area contributed by atoms with E-state index in [0.717, 1.165) is 5.56 Å². The van der Waals surface area contributed by atoms with Crippen LogP contribution in [0.4, 0.5) is 16.3 Å². The van der Waals surface area contributed by atoms with Crippen LogP contribution in [-0.4, -0.2) is 33.3 Å². The van der Waals surface area contributed by atoms with E-state index >= 15 is 0 Å². The second kappa shape index (κ2) is 6.75. The van der Waals surface area contributed by atoms with Crippen LogP contribution in [0.1, 0.15) is 0 Å². The quantitative estimate of drug-likeness (QED) is 0.590. The van der Waals surface area contributed by atoms with E-state index in [4.69, 9.17) is 9.15 Å². The molecule has 0 aliphatic heterocycles. The Kier molecular flexibility index (Phi) is 4.13. The minimum absolute atomic E-state index is 0.00312. The summed E-state index contributed by atoms with van der Waals surface area (Å²) in [6, 6.07) is 11.7. The standard InChI is InChI=1S/C19H14N4O4/c1-26-19(25)23(17-7-5-14(24)11-21-17)13-4-6-16-15(9-13)22-18(27-16)12-3-2-8-20-10-12/h2-11,24H,1H3. The van der Waals surface area contributed by atoms with Crippen LogP contribution in [0.5, 0.6) is 5.75 Å². The summed E-state index contributed by atoms with van der Waals surface area (Å²) < 4.78 is 10.6. The molecule has 3 heterocycles. The van der Waals surface area contributed by atoms with Gasteiger partial charge >= 0.3 is 6.09 Å². The van der Waals surface area contributed by atoms with E-state index in [0.29, 0.717) is 28.5 Å². The van der Waals surface area contributed by atoms with Gasteiger partial charge < -0.3 is 14.3 Å². The highest BCUT2D eigenvalue weighted by atomic mass is 16.5. The first-order valence-corrected chi connectivity index (χ1v) is 8.00. The molecular weight excluding hydrogens is 348 g/mol. The molecular formula is C19H14N4O4. The number of carbonyl (C=O) groups is 1. The number of aromatic hydroxyl groups is 1. The Bertz CT molecular complexity index is 1090. The summed E-state index contributed by atoms with van der Waals surface area (Å²) in [6.45, 7) is 0. The number of hydrogen-bond donors (Lipinski definition) is 1. The third-order valence-electron chi connectivity index (χ3n) is 3.86. The molecule has 0 unspecified atom stereocenters. The van der Waals surface area contributed by atoms with E-state index in [1.165, 1.54) is 30.3 Å². The lowest BCUT2D eigenvalue weighted by atomic mass is 10.2. The Balaban J connectivity index is 1.78. The molecule has 1 aromatic carbocycles. The van der Waals surface area contributed by atoms with Gasteiger partial charge in [0, 0.05) is 12.4 Å². The van der Waals surface area contributed by atoms with E-state index in [9.17, 15) is 9.90 Å². The monoisotopic (exact) mass is 362 g/mol. The lowest BCUT2D eigenvalue weighted by Gasteiger charge is -2.20. The number of pyridine rings is 2. The third-order valence-corrected chi connectivity index (χ3v) is 3.86. The van der Waals surface area contributed by atoms with Crippen molar-refractivity contribution in [3.8, 4) is 17.2 Å². The molecule has 4 aromatic rings. The maximum atomic E-state index is 12.3. The zero-order chi connectivity index (χ0) is 18.8. The molecule has 1 amide bonds. The first-order valence-electron chi connectivity index (χ1n) is 8.00. The van der Waals surface area contributed by atoms with Gasteiger partial charge in [-0.05, 0) is 42.5 Å². The molecule has 8 nitrogen and oxygen atoms in total. The highest BCUT2D eigenvalue weighted by Crippen LogP contribution is 2.30. The molecule has 0 spiro atoms. The molecule has 8 heteroatoms. The number of methoxy groups -OCH3 is 1. The first kappa shape index (κ1) is 16.5. The highest BCUT2D eigenvalue weighted by molar-refractivity contribution is 5.97. The van der Waals surface area contributed by atoms with Gasteiger partial charge in [0.1, 0.15) is 17.1 Å². The summed E-state index contributed by atoms with van der Waals surface area (Å²) in [5.41, 5.74) is 2.39. The van der Waals surface area contributed by atoms with Crippen molar-refractivity contribution in [1.82, 2.24) is 15.0 Å². The van der Waals surface area contributed by atoms with Crippen LogP contribution in [-0.2, 0) is 4.74 Å². The largest absolute Gasteiger partial charge is 0.506 e. The average molecular weight is 362 g/mol. The van der Waals surface area contributed by atoms with Crippen molar-refractivity contribution >= 4 is 28.7 Å². The van der Waals surface area contributed by atoms with Crippen LogP contribution in [0.2, 0.25) is 0 Å². The van der Waals surface area contributed by atoms with E-state index < -0.39 is 6.09 Å². The molecule has 4 rings (SSSR count). The molecule has 0 aliphatic rings. The van der Waals surface area contributed by atoms with Crippen LogP contribution in [0.3, 0.4) is 0 Å². The van der Waals surface area contributed by atoms with Crippen LogP contribution < -0.4 is 4.90 Å². The maximum absolute atomic E-state index is 12.3. The Hall–Kier alpha value is -3.94. The number of carbonyl (C=O) groups excluding carboxylic acids is 1. The van der Waals surface area contributed by atoms with E-state index in [2.05, 4.69) is 15.0 Å². The summed E-state index contributed by atoms with van der Waals surface area (Å²) >= 11 is 0. The average Bonchev–Trinajstić information content (AvgIpc) is 3.13. The number of benzene rings is 1. The Morgan fingerprint density at radius 3 is 2.78 bits per heavy atom. The fraction of sp³-hybridized carbons (Fsp3) is 0.0526. The zero-order valence-corrected chi connectivity index (χ0v) is 14.2. The molecule has 0 aliphatic carbocycles. The first-order chi connectivity index (χ1) is 13.2. The summed E-state index contributed by atoms with van der Waals surface area (Å²) in [7, 11) is 1.28. The zero-order valence-electron chi connectivity index (χ0n) is 14.2. The molecule has 0 saturated carbocycles. The highest BCUT2D eigenvalue weighted by Gasteiger charge is 2.21. The summed E-state index contributed by atoms with van der Waals surface area (Å²) in [5, 5.41) is 9.43. The number of nitrogens with zero attached hydrogens (tertiary/aromatic N) is 4. The van der Waals surface area contributed by atoms with Gasteiger partial charge in [-0.2, -0.15) is 0 Å². The van der Waals surface area contributed by atoms with Crippen LogP contribution in [0.15, 0.2) is 65.5 Å². The number of ether oxygens (including phenoxy) is 1. The van der Waals surface area contributed by atoms with Crippen molar-refractivity contribution in [2.45, 2.75) is 0 Å². The predicted molar refractivity (Wildman–Crippen MR) is 97.7 cm³/mol. The lowest BCUT2D eigenvalue weighted by Crippen LogP contribution is -2.26. The van der Waals surface area contributed by atoms with Crippen molar-refractivity contribution in [1.29, 1.82) is 0 Å². The van der Waals surface area contributed by atoms with Gasteiger partial charge in [0.2, 0.25) is 5.89 Å². The van der Waals surface area contributed by atoms with Crippen molar-refractivity contribution in [3.05, 3.63) is 61.1 Å². The second-order valence-electron chi connectivity index (χ2n) is 5.59. The molecule has 0 fully saturated rings. The molecule has 0 radical (unpaired) electrons. The smallest absolute Gasteiger partial charge is 0.419 e. The number of anilines is 2. The van der Waals surface area contributed by atoms with Gasteiger partial charge in [-0.1, -0.05) is 0 Å². The van der Waals surface area contributed by atoms with Crippen molar-refractivity contribution in [2.75, 3.05) is 12.0 Å². The maximum Gasteiger partial charge on any atom is 0.419 e. The lowest BCUT2D eigenvalue weighted by molar-refractivity contribution is 0.181. The molecule has 0 atom stereocenters. The van der Waals surface area contributed by atoms with Gasteiger partial charge in [0.05, 0.1) is 24.6 Å². The fourth-order valence-electron chi connectivity index (χ4n) is 2.60. The number of aromatic nitrogens is 3. The number of fused-ring (bicyclic) bond motifs is 1. The van der Waals surface area contributed by atoms with E-state index in [-0.39, 0.29) is 5.75 Å². The van der Waals surface area contributed by atoms with Gasteiger partial charge in [-0.25, -0.2) is 19.7 Å². The Morgan fingerprint density at radius 2 is 2.07 bits per heavy atom. The number of amides is 1. The van der Waals surface area contributed by atoms with Crippen LogP contribution in [0.25, 0.3) is 22.6 Å². The van der Waals surface area contributed by atoms with Crippen LogP contribution in [0, 0.1) is 0 Å². The summed E-state index contributed by atoms with van der Waals surface area (Å²) in [4.78, 5) is 26.2. The van der Waals surface area contributed by atoms with Gasteiger partial charge in [-0.3, -0.25) is 4.98 Å². The van der Waals surface area contributed by atoms with Gasteiger partial charge in [0.25, 0.3) is 0 Å². The Labute approximate surface area is 153 Å². The molecule has 134 valence electrons. The molecule has 3 aromatic heterocycles. The van der Waals surface area contributed by atoms with Gasteiger partial charge in [-0.15, -0.1) is 0 Å². The second-order valence-corrected chi connectivity index (χ2v) is 5.59. The van der Waals surface area contributed by atoms with Crippen molar-refractivity contribution in [3.63, 3.8) is 0 Å². The Morgan fingerprint density at radius 1 is 1.19 bits per heavy atom. The van der Waals surface area contributed by atoms with Crippen LogP contribution >= 0.6 is 0 Å². The number of rotatable bonds is 3. The number of hydrogen-bond acceptors (Lipinski definition) is 7. The molecule has 0 bridgehead atoms. The molecule has 27 heavy (non-hydrogen) atoms. The van der Waals surface area contributed by atoms with Crippen molar-refractivity contribution in [2.24, 2.45) is 0 Å². The molecule has 0 saturated heterocycles. The molecule has 1 N–H and O–H groups in total. The third kappa shape index (κ3) is 3.15. The van der Waals surface area contributed by atoms with E-state index in [1.54, 1.807) is 36.7 Å². The minimum Gasteiger partial charge on any atom is -0.506 e. The number of oxazole rings is 1. The summed E-state index contributed by atoms with van der Waals surface area (Å²) in [6.07, 6.45) is 3.96. The topological polar surface area (TPSA) is 102 Å².